The third kappa shape index (κ3) is 1.94. The van der Waals surface area contributed by atoms with Gasteiger partial charge in [0, 0.05) is 0 Å². The third-order valence-electron chi connectivity index (χ3n) is 3.19. The lowest BCUT2D eigenvalue weighted by Gasteiger charge is -2.26. The molecule has 0 radical (unpaired) electrons. The zero-order valence-corrected chi connectivity index (χ0v) is 10.5. The fourth-order valence-corrected chi connectivity index (χ4v) is 3.79. The predicted octanol–water partition coefficient (Wildman–Crippen LogP) is 2.26. The van der Waals surface area contributed by atoms with Crippen molar-refractivity contribution in [1.82, 2.24) is 4.72 Å². The molecule has 1 unspecified atom stereocenters. The van der Waals surface area contributed by atoms with Crippen molar-refractivity contribution in [2.24, 2.45) is 0 Å². The van der Waals surface area contributed by atoms with Crippen molar-refractivity contribution in [3.8, 4) is 0 Å². The lowest BCUT2D eigenvalue weighted by molar-refractivity contribution is 0.537. The number of fused-ring (bicyclic) bond motifs is 1. The average molecular weight is 259 g/mol. The lowest BCUT2D eigenvalue weighted by Crippen LogP contribution is -2.35. The number of rotatable bonds is 1. The number of nitrogens with one attached hydrogen (secondary N) is 1. The molecule has 92 valence electrons. The van der Waals surface area contributed by atoms with Crippen LogP contribution in [0.25, 0.3) is 0 Å². The SMILES string of the molecule is O=S1(=O)NC(c2ccccc2)Cc2ccccc21. The first-order valence-electron chi connectivity index (χ1n) is 5.82. The van der Waals surface area contributed by atoms with Crippen molar-refractivity contribution in [3.63, 3.8) is 0 Å². The second-order valence-corrected chi connectivity index (χ2v) is 6.08. The quantitative estimate of drug-likeness (QED) is 0.854. The first-order valence-corrected chi connectivity index (χ1v) is 7.30. The molecule has 3 rings (SSSR count). The summed E-state index contributed by atoms with van der Waals surface area (Å²) in [6.45, 7) is 0. The van der Waals surface area contributed by atoms with E-state index in [0.717, 1.165) is 11.1 Å². The summed E-state index contributed by atoms with van der Waals surface area (Å²) in [5.74, 6) is 0. The molecule has 1 N–H and O–H groups in total. The Hall–Kier alpha value is -1.65. The summed E-state index contributed by atoms with van der Waals surface area (Å²) in [4.78, 5) is 0.400. The highest BCUT2D eigenvalue weighted by molar-refractivity contribution is 7.89. The lowest BCUT2D eigenvalue weighted by atomic mass is 9.99. The first-order chi connectivity index (χ1) is 8.67. The standard InChI is InChI=1S/C14H13NO2S/c16-18(17)14-9-5-4-8-12(14)10-13(15-18)11-6-2-1-3-7-11/h1-9,13,15H,10H2. The van der Waals surface area contributed by atoms with Gasteiger partial charge in [-0.15, -0.1) is 0 Å². The van der Waals surface area contributed by atoms with Crippen LogP contribution in [-0.2, 0) is 16.4 Å². The molecule has 0 fully saturated rings. The summed E-state index contributed by atoms with van der Waals surface area (Å²) in [5.41, 5.74) is 1.88. The second kappa shape index (κ2) is 4.23. The van der Waals surface area contributed by atoms with Gasteiger partial charge in [0.1, 0.15) is 0 Å². The van der Waals surface area contributed by atoms with Crippen molar-refractivity contribution in [2.45, 2.75) is 17.4 Å². The van der Waals surface area contributed by atoms with E-state index < -0.39 is 10.0 Å². The van der Waals surface area contributed by atoms with Crippen LogP contribution in [0.4, 0.5) is 0 Å². The minimum absolute atomic E-state index is 0.175. The Morgan fingerprint density at radius 2 is 1.61 bits per heavy atom. The minimum atomic E-state index is -3.39. The van der Waals surface area contributed by atoms with E-state index >= 15 is 0 Å². The van der Waals surface area contributed by atoms with Crippen LogP contribution in [0, 0.1) is 0 Å². The molecule has 1 aliphatic rings. The molecular formula is C14H13NO2S. The number of sulfonamides is 1. The topological polar surface area (TPSA) is 46.2 Å². The fraction of sp³-hybridized carbons (Fsp3) is 0.143. The van der Waals surface area contributed by atoms with Crippen LogP contribution in [0.3, 0.4) is 0 Å². The predicted molar refractivity (Wildman–Crippen MR) is 69.7 cm³/mol. The average Bonchev–Trinajstić information content (AvgIpc) is 2.39. The van der Waals surface area contributed by atoms with Gasteiger partial charge in [-0.3, -0.25) is 0 Å². The van der Waals surface area contributed by atoms with E-state index in [9.17, 15) is 8.42 Å². The van der Waals surface area contributed by atoms with E-state index in [1.54, 1.807) is 12.1 Å². The molecule has 0 spiro atoms. The molecule has 0 aromatic heterocycles. The molecule has 3 nitrogen and oxygen atoms in total. The smallest absolute Gasteiger partial charge is 0.207 e. The van der Waals surface area contributed by atoms with Crippen LogP contribution in [-0.4, -0.2) is 8.42 Å². The zero-order valence-electron chi connectivity index (χ0n) is 9.71. The Morgan fingerprint density at radius 3 is 2.39 bits per heavy atom. The van der Waals surface area contributed by atoms with E-state index in [1.165, 1.54) is 0 Å². The zero-order chi connectivity index (χ0) is 12.6. The van der Waals surface area contributed by atoms with Crippen LogP contribution < -0.4 is 4.72 Å². The van der Waals surface area contributed by atoms with Crippen LogP contribution >= 0.6 is 0 Å². The van der Waals surface area contributed by atoms with Gasteiger partial charge in [-0.05, 0) is 23.6 Å². The largest absolute Gasteiger partial charge is 0.241 e. The molecule has 1 aliphatic heterocycles. The van der Waals surface area contributed by atoms with Crippen molar-refractivity contribution < 1.29 is 8.42 Å². The summed E-state index contributed by atoms with van der Waals surface area (Å²) in [7, 11) is -3.39. The maximum Gasteiger partial charge on any atom is 0.241 e. The van der Waals surface area contributed by atoms with Gasteiger partial charge in [0.15, 0.2) is 0 Å². The number of hydrogen-bond acceptors (Lipinski definition) is 2. The maximum absolute atomic E-state index is 12.1. The van der Waals surface area contributed by atoms with Gasteiger partial charge in [-0.1, -0.05) is 48.5 Å². The van der Waals surface area contributed by atoms with Crippen LogP contribution in [0.15, 0.2) is 59.5 Å². The fourth-order valence-electron chi connectivity index (χ4n) is 2.32. The van der Waals surface area contributed by atoms with Gasteiger partial charge in [0.2, 0.25) is 10.0 Å². The molecule has 4 heteroatoms. The summed E-state index contributed by atoms with van der Waals surface area (Å²) >= 11 is 0. The minimum Gasteiger partial charge on any atom is -0.207 e. The molecule has 1 atom stereocenters. The van der Waals surface area contributed by atoms with E-state index in [1.807, 2.05) is 42.5 Å². The molecule has 0 bridgehead atoms. The van der Waals surface area contributed by atoms with Crippen LogP contribution in [0.2, 0.25) is 0 Å². The summed E-state index contributed by atoms with van der Waals surface area (Å²) in [5, 5.41) is 0. The summed E-state index contributed by atoms with van der Waals surface area (Å²) in [6.07, 6.45) is 0.694. The van der Waals surface area contributed by atoms with Crippen molar-refractivity contribution >= 4 is 10.0 Å². The molecule has 0 amide bonds. The third-order valence-corrected chi connectivity index (χ3v) is 4.76. The van der Waals surface area contributed by atoms with Gasteiger partial charge in [0.25, 0.3) is 0 Å². The number of hydrogen-bond donors (Lipinski definition) is 1. The van der Waals surface area contributed by atoms with E-state index in [0.29, 0.717) is 11.3 Å². The van der Waals surface area contributed by atoms with E-state index in [4.69, 9.17) is 0 Å². The molecule has 2 aromatic rings. The van der Waals surface area contributed by atoms with E-state index in [-0.39, 0.29) is 6.04 Å². The highest BCUT2D eigenvalue weighted by Gasteiger charge is 2.29. The number of benzene rings is 2. The van der Waals surface area contributed by atoms with Gasteiger partial charge in [0.05, 0.1) is 10.9 Å². The van der Waals surface area contributed by atoms with Gasteiger partial charge in [-0.2, -0.15) is 0 Å². The molecular weight excluding hydrogens is 246 g/mol. The summed E-state index contributed by atoms with van der Waals surface area (Å²) in [6, 6.07) is 16.6. The molecule has 1 heterocycles. The van der Waals surface area contributed by atoms with E-state index in [2.05, 4.69) is 4.72 Å². The Kier molecular flexibility index (Phi) is 2.69. The van der Waals surface area contributed by atoms with Crippen molar-refractivity contribution in [3.05, 3.63) is 65.7 Å². The first kappa shape index (κ1) is 11.4. The molecule has 18 heavy (non-hydrogen) atoms. The molecule has 2 aromatic carbocycles. The highest BCUT2D eigenvalue weighted by atomic mass is 32.2. The highest BCUT2D eigenvalue weighted by Crippen LogP contribution is 2.29. The van der Waals surface area contributed by atoms with Crippen LogP contribution in [0.5, 0.6) is 0 Å². The Balaban J connectivity index is 2.06. The van der Waals surface area contributed by atoms with Crippen molar-refractivity contribution in [2.75, 3.05) is 0 Å². The van der Waals surface area contributed by atoms with Crippen LogP contribution in [0.1, 0.15) is 17.2 Å². The Morgan fingerprint density at radius 1 is 0.944 bits per heavy atom. The monoisotopic (exact) mass is 259 g/mol. The molecule has 0 saturated carbocycles. The Bertz CT molecular complexity index is 665. The van der Waals surface area contributed by atoms with Gasteiger partial charge >= 0.3 is 0 Å². The summed E-state index contributed by atoms with van der Waals surface area (Å²) < 4.78 is 27.0. The maximum atomic E-state index is 12.1. The van der Waals surface area contributed by atoms with Gasteiger partial charge in [-0.25, -0.2) is 13.1 Å². The second-order valence-electron chi connectivity index (χ2n) is 4.40. The van der Waals surface area contributed by atoms with Crippen molar-refractivity contribution in [1.29, 1.82) is 0 Å². The normalized spacial score (nSPS) is 21.2. The Labute approximate surface area is 107 Å². The molecule has 0 saturated heterocycles. The van der Waals surface area contributed by atoms with Gasteiger partial charge < -0.3 is 0 Å². The molecule has 0 aliphatic carbocycles.